The van der Waals surface area contributed by atoms with Gasteiger partial charge >= 0.3 is 0 Å². The van der Waals surface area contributed by atoms with Gasteiger partial charge < -0.3 is 9.84 Å². The fourth-order valence-corrected chi connectivity index (χ4v) is 0.708. The normalized spacial score (nSPS) is 43.3. The van der Waals surface area contributed by atoms with Gasteiger partial charge in [-0.25, -0.2) is 0 Å². The molecule has 0 aromatic rings. The standard InChI is InChI=1S/C5H10O2/c1-3(6)5-4(2)7-5/h3-6H,1-2H3/t3?,4-,5-/m0/s1. The highest BCUT2D eigenvalue weighted by Gasteiger charge is 2.37. The SMILES string of the molecule is CC(O)[C@@H]1O[C@H]1C. The van der Waals surface area contributed by atoms with Gasteiger partial charge in [-0.1, -0.05) is 0 Å². The van der Waals surface area contributed by atoms with Gasteiger partial charge in [-0.3, -0.25) is 0 Å². The summed E-state index contributed by atoms with van der Waals surface area (Å²) in [6.45, 7) is 3.70. The van der Waals surface area contributed by atoms with Crippen LogP contribution in [0.3, 0.4) is 0 Å². The van der Waals surface area contributed by atoms with Crippen molar-refractivity contribution in [3.05, 3.63) is 0 Å². The van der Waals surface area contributed by atoms with Gasteiger partial charge in [-0.05, 0) is 13.8 Å². The minimum absolute atomic E-state index is 0.125. The molecule has 1 fully saturated rings. The van der Waals surface area contributed by atoms with Crippen LogP contribution in [-0.4, -0.2) is 23.4 Å². The summed E-state index contributed by atoms with van der Waals surface area (Å²) in [6.07, 6.45) is 0.134. The zero-order valence-electron chi connectivity index (χ0n) is 4.59. The average molecular weight is 102 g/mol. The lowest BCUT2D eigenvalue weighted by atomic mass is 10.2. The second kappa shape index (κ2) is 1.46. The first-order valence-electron chi connectivity index (χ1n) is 2.55. The summed E-state index contributed by atoms with van der Waals surface area (Å²) in [5, 5.41) is 8.74. The maximum absolute atomic E-state index is 8.74. The highest BCUT2D eigenvalue weighted by Crippen LogP contribution is 2.23. The Morgan fingerprint density at radius 2 is 2.14 bits per heavy atom. The minimum atomic E-state index is -0.282. The van der Waals surface area contributed by atoms with Crippen LogP contribution >= 0.6 is 0 Å². The van der Waals surface area contributed by atoms with Crippen molar-refractivity contribution in [2.24, 2.45) is 0 Å². The predicted octanol–water partition coefficient (Wildman–Crippen LogP) is 0.155. The molecule has 1 aliphatic rings. The molecule has 1 aliphatic heterocycles. The fourth-order valence-electron chi connectivity index (χ4n) is 0.708. The second-order valence-electron chi connectivity index (χ2n) is 2.05. The number of hydrogen-bond donors (Lipinski definition) is 1. The van der Waals surface area contributed by atoms with Crippen LogP contribution in [0.25, 0.3) is 0 Å². The van der Waals surface area contributed by atoms with E-state index in [9.17, 15) is 0 Å². The van der Waals surface area contributed by atoms with Gasteiger partial charge in [0.2, 0.25) is 0 Å². The lowest BCUT2D eigenvalue weighted by Gasteiger charge is -1.92. The molecular weight excluding hydrogens is 92.1 g/mol. The summed E-state index contributed by atoms with van der Waals surface area (Å²) >= 11 is 0. The Labute approximate surface area is 43.1 Å². The van der Waals surface area contributed by atoms with E-state index in [0.29, 0.717) is 6.10 Å². The predicted molar refractivity (Wildman–Crippen MR) is 26.0 cm³/mol. The van der Waals surface area contributed by atoms with Gasteiger partial charge in [0.05, 0.1) is 12.2 Å². The molecule has 42 valence electrons. The van der Waals surface area contributed by atoms with Crippen LogP contribution in [0, 0.1) is 0 Å². The molecule has 7 heavy (non-hydrogen) atoms. The van der Waals surface area contributed by atoms with Gasteiger partial charge in [-0.15, -0.1) is 0 Å². The van der Waals surface area contributed by atoms with E-state index in [1.807, 2.05) is 6.92 Å². The summed E-state index contributed by atoms with van der Waals surface area (Å²) in [4.78, 5) is 0. The molecule has 1 N–H and O–H groups in total. The van der Waals surface area contributed by atoms with Gasteiger partial charge in [0.15, 0.2) is 0 Å². The topological polar surface area (TPSA) is 32.8 Å². The summed E-state index contributed by atoms with van der Waals surface area (Å²) < 4.78 is 4.93. The number of rotatable bonds is 1. The Morgan fingerprint density at radius 1 is 1.71 bits per heavy atom. The molecule has 3 atom stereocenters. The largest absolute Gasteiger partial charge is 0.391 e. The monoisotopic (exact) mass is 102 g/mol. The van der Waals surface area contributed by atoms with E-state index >= 15 is 0 Å². The molecule has 1 heterocycles. The van der Waals surface area contributed by atoms with Crippen LogP contribution in [0.1, 0.15) is 13.8 Å². The fraction of sp³-hybridized carbons (Fsp3) is 1.00. The highest BCUT2D eigenvalue weighted by atomic mass is 16.6. The van der Waals surface area contributed by atoms with E-state index in [-0.39, 0.29) is 12.2 Å². The number of hydrogen-bond acceptors (Lipinski definition) is 2. The van der Waals surface area contributed by atoms with Crippen molar-refractivity contribution in [2.45, 2.75) is 32.2 Å². The molecule has 0 radical (unpaired) electrons. The summed E-state index contributed by atoms with van der Waals surface area (Å²) in [6, 6.07) is 0. The molecule has 1 saturated heterocycles. The molecule has 0 amide bonds. The van der Waals surface area contributed by atoms with Crippen LogP contribution in [0.2, 0.25) is 0 Å². The Balaban J connectivity index is 2.20. The molecule has 1 rings (SSSR count). The second-order valence-corrected chi connectivity index (χ2v) is 2.05. The number of epoxide rings is 1. The van der Waals surface area contributed by atoms with Crippen molar-refractivity contribution in [3.63, 3.8) is 0 Å². The zero-order chi connectivity index (χ0) is 5.44. The molecule has 0 spiro atoms. The number of ether oxygens (including phenoxy) is 1. The maximum atomic E-state index is 8.74. The van der Waals surface area contributed by atoms with Gasteiger partial charge in [0.1, 0.15) is 6.10 Å². The Morgan fingerprint density at radius 3 is 2.14 bits per heavy atom. The molecule has 2 heteroatoms. The average Bonchev–Trinajstić information content (AvgIpc) is 2.17. The van der Waals surface area contributed by atoms with Crippen LogP contribution in [0.4, 0.5) is 0 Å². The Hall–Kier alpha value is -0.0800. The van der Waals surface area contributed by atoms with Crippen LogP contribution in [-0.2, 0) is 4.74 Å². The van der Waals surface area contributed by atoms with Crippen molar-refractivity contribution in [2.75, 3.05) is 0 Å². The van der Waals surface area contributed by atoms with E-state index in [4.69, 9.17) is 9.84 Å². The molecule has 0 aromatic carbocycles. The maximum Gasteiger partial charge on any atom is 0.109 e. The molecule has 0 bridgehead atoms. The first-order chi connectivity index (χ1) is 3.22. The first-order valence-corrected chi connectivity index (χ1v) is 2.55. The molecule has 0 aromatic heterocycles. The lowest BCUT2D eigenvalue weighted by molar-refractivity contribution is 0.152. The van der Waals surface area contributed by atoms with Crippen LogP contribution in [0.5, 0.6) is 0 Å². The smallest absolute Gasteiger partial charge is 0.109 e. The summed E-state index contributed by atoms with van der Waals surface area (Å²) in [7, 11) is 0. The van der Waals surface area contributed by atoms with Crippen LogP contribution < -0.4 is 0 Å². The third-order valence-corrected chi connectivity index (χ3v) is 1.23. The van der Waals surface area contributed by atoms with Crippen LogP contribution in [0.15, 0.2) is 0 Å². The van der Waals surface area contributed by atoms with Gasteiger partial charge in [-0.2, -0.15) is 0 Å². The van der Waals surface area contributed by atoms with E-state index in [1.54, 1.807) is 6.92 Å². The summed E-state index contributed by atoms with van der Waals surface area (Å²) in [5.74, 6) is 0. The van der Waals surface area contributed by atoms with Gasteiger partial charge in [0, 0.05) is 0 Å². The van der Waals surface area contributed by atoms with E-state index in [0.717, 1.165) is 0 Å². The quantitative estimate of drug-likeness (QED) is 0.478. The molecular formula is C5H10O2. The zero-order valence-corrected chi connectivity index (χ0v) is 4.59. The van der Waals surface area contributed by atoms with E-state index < -0.39 is 0 Å². The lowest BCUT2D eigenvalue weighted by Crippen LogP contribution is -2.09. The number of aliphatic hydroxyl groups excluding tert-OH is 1. The molecule has 0 saturated carbocycles. The summed E-state index contributed by atoms with van der Waals surface area (Å²) in [5.41, 5.74) is 0. The van der Waals surface area contributed by atoms with Crippen molar-refractivity contribution in [3.8, 4) is 0 Å². The van der Waals surface area contributed by atoms with Crippen molar-refractivity contribution < 1.29 is 9.84 Å². The first kappa shape index (κ1) is 5.06. The third kappa shape index (κ3) is 0.924. The van der Waals surface area contributed by atoms with Crippen molar-refractivity contribution in [1.82, 2.24) is 0 Å². The molecule has 2 nitrogen and oxygen atoms in total. The Bertz CT molecular complexity index is 70.5. The van der Waals surface area contributed by atoms with Crippen molar-refractivity contribution >= 4 is 0 Å². The third-order valence-electron chi connectivity index (χ3n) is 1.23. The molecule has 0 aliphatic carbocycles. The molecule has 1 unspecified atom stereocenters. The van der Waals surface area contributed by atoms with E-state index in [2.05, 4.69) is 0 Å². The minimum Gasteiger partial charge on any atom is -0.391 e. The van der Waals surface area contributed by atoms with E-state index in [1.165, 1.54) is 0 Å². The highest BCUT2D eigenvalue weighted by molar-refractivity contribution is 4.84. The Kier molecular flexibility index (Phi) is 1.05. The number of aliphatic hydroxyl groups is 1. The van der Waals surface area contributed by atoms with Gasteiger partial charge in [0.25, 0.3) is 0 Å². The van der Waals surface area contributed by atoms with Crippen molar-refractivity contribution in [1.29, 1.82) is 0 Å².